The molecule has 0 bridgehead atoms. The van der Waals surface area contributed by atoms with Gasteiger partial charge in [0.25, 0.3) is 5.91 Å². The minimum atomic E-state index is -4.57. The van der Waals surface area contributed by atoms with E-state index in [1.54, 1.807) is 12.1 Å². The predicted octanol–water partition coefficient (Wildman–Crippen LogP) is 5.96. The number of aromatic nitrogens is 1. The molecule has 1 atom stereocenters. The maximum Gasteiger partial charge on any atom is 0.433 e. The standard InChI is InChI=1S/C18H10F3N3OS3/c19-18(20,21)11-7-8(9-3-1-5-26-9)12-13-14(28-17(12)22-11)16(25)24-15(23-13)10-4-2-6-27-10/h1-7,15,23H,(H,24,25)/t15-/m1/s1. The molecule has 0 spiro atoms. The molecule has 1 aliphatic rings. The van der Waals surface area contributed by atoms with Crippen molar-refractivity contribution in [3.8, 4) is 10.4 Å². The van der Waals surface area contributed by atoms with Gasteiger partial charge in [0.15, 0.2) is 0 Å². The number of thiophene rings is 3. The number of nitrogens with zero attached hydrogens (tertiary/aromatic N) is 1. The highest BCUT2D eigenvalue weighted by Crippen LogP contribution is 2.46. The van der Waals surface area contributed by atoms with E-state index in [2.05, 4.69) is 15.6 Å². The van der Waals surface area contributed by atoms with Gasteiger partial charge in [0, 0.05) is 20.7 Å². The number of carbonyl (C=O) groups excluding carboxylic acids is 1. The van der Waals surface area contributed by atoms with Crippen molar-refractivity contribution in [2.24, 2.45) is 0 Å². The van der Waals surface area contributed by atoms with Gasteiger partial charge in [-0.2, -0.15) is 13.2 Å². The van der Waals surface area contributed by atoms with Gasteiger partial charge in [-0.3, -0.25) is 4.79 Å². The van der Waals surface area contributed by atoms with Crippen molar-refractivity contribution in [1.82, 2.24) is 10.3 Å². The highest BCUT2D eigenvalue weighted by Gasteiger charge is 2.36. The van der Waals surface area contributed by atoms with E-state index in [0.717, 1.165) is 22.3 Å². The van der Waals surface area contributed by atoms with Crippen LogP contribution in [0.4, 0.5) is 18.9 Å². The number of halogens is 3. The molecular formula is C18H10F3N3OS3. The molecule has 10 heteroatoms. The van der Waals surface area contributed by atoms with Crippen molar-refractivity contribution in [3.63, 3.8) is 0 Å². The zero-order chi connectivity index (χ0) is 19.5. The van der Waals surface area contributed by atoms with Gasteiger partial charge in [0.2, 0.25) is 0 Å². The van der Waals surface area contributed by atoms with Gasteiger partial charge < -0.3 is 10.6 Å². The summed E-state index contributed by atoms with van der Waals surface area (Å²) in [5, 5.41) is 10.4. The fourth-order valence-electron chi connectivity index (χ4n) is 3.14. The van der Waals surface area contributed by atoms with E-state index in [4.69, 9.17) is 0 Å². The molecule has 4 aromatic heterocycles. The van der Waals surface area contributed by atoms with Crippen LogP contribution in [0, 0.1) is 0 Å². The van der Waals surface area contributed by atoms with Crippen LogP contribution >= 0.6 is 34.0 Å². The number of carbonyl (C=O) groups is 1. The average Bonchev–Trinajstić information content (AvgIpc) is 3.40. The normalized spacial score (nSPS) is 16.7. The fraction of sp³-hybridized carbons (Fsp3) is 0.111. The number of amides is 1. The lowest BCUT2D eigenvalue weighted by atomic mass is 10.1. The van der Waals surface area contributed by atoms with E-state index in [0.29, 0.717) is 26.4 Å². The topological polar surface area (TPSA) is 54.0 Å². The number of pyridine rings is 1. The summed E-state index contributed by atoms with van der Waals surface area (Å²) in [5.74, 6) is -0.319. The third kappa shape index (κ3) is 2.79. The summed E-state index contributed by atoms with van der Waals surface area (Å²) >= 11 is 3.80. The maximum absolute atomic E-state index is 13.4. The number of nitrogens with one attached hydrogen (secondary N) is 2. The zero-order valence-electron chi connectivity index (χ0n) is 13.8. The van der Waals surface area contributed by atoms with Crippen molar-refractivity contribution in [2.75, 3.05) is 5.32 Å². The molecule has 5 heterocycles. The summed E-state index contributed by atoms with van der Waals surface area (Å²) in [6.07, 6.45) is -5.00. The molecule has 0 saturated carbocycles. The molecule has 1 amide bonds. The number of anilines is 1. The Morgan fingerprint density at radius 3 is 2.54 bits per heavy atom. The van der Waals surface area contributed by atoms with Gasteiger partial charge in [0.05, 0.1) is 5.69 Å². The second-order valence-electron chi connectivity index (χ2n) is 6.08. The first-order chi connectivity index (χ1) is 13.4. The van der Waals surface area contributed by atoms with Gasteiger partial charge in [-0.15, -0.1) is 34.0 Å². The Morgan fingerprint density at radius 2 is 1.86 bits per heavy atom. The molecule has 4 aromatic rings. The van der Waals surface area contributed by atoms with Crippen molar-refractivity contribution < 1.29 is 18.0 Å². The minimum Gasteiger partial charge on any atom is -0.359 e. The quantitative estimate of drug-likeness (QED) is 0.407. The number of fused-ring (bicyclic) bond motifs is 3. The van der Waals surface area contributed by atoms with Gasteiger partial charge >= 0.3 is 6.18 Å². The highest BCUT2D eigenvalue weighted by atomic mass is 32.1. The summed E-state index contributed by atoms with van der Waals surface area (Å²) in [7, 11) is 0. The number of hydrogen-bond donors (Lipinski definition) is 2. The molecule has 1 aliphatic heterocycles. The molecule has 0 aromatic carbocycles. The Balaban J connectivity index is 1.76. The smallest absolute Gasteiger partial charge is 0.359 e. The summed E-state index contributed by atoms with van der Waals surface area (Å²) in [6, 6.07) is 8.39. The first kappa shape index (κ1) is 17.7. The SMILES string of the molecule is O=C1N[C@H](c2cccs2)Nc2c1sc1nc(C(F)(F)F)cc(-c3cccs3)c21. The molecule has 4 nitrogen and oxygen atoms in total. The summed E-state index contributed by atoms with van der Waals surface area (Å²) < 4.78 is 40.2. The van der Waals surface area contributed by atoms with Crippen LogP contribution in [-0.2, 0) is 6.18 Å². The fourth-order valence-corrected chi connectivity index (χ4v) is 5.68. The zero-order valence-corrected chi connectivity index (χ0v) is 16.3. The Kier molecular flexibility index (Phi) is 3.97. The summed E-state index contributed by atoms with van der Waals surface area (Å²) in [4.78, 5) is 18.6. The van der Waals surface area contributed by atoms with E-state index >= 15 is 0 Å². The predicted molar refractivity (Wildman–Crippen MR) is 106 cm³/mol. The lowest BCUT2D eigenvalue weighted by Crippen LogP contribution is -2.37. The molecule has 0 fully saturated rings. The Morgan fingerprint density at radius 1 is 1.07 bits per heavy atom. The van der Waals surface area contributed by atoms with Crippen molar-refractivity contribution in [3.05, 3.63) is 56.5 Å². The van der Waals surface area contributed by atoms with Crippen LogP contribution in [0.3, 0.4) is 0 Å². The molecule has 0 saturated heterocycles. The first-order valence-electron chi connectivity index (χ1n) is 8.11. The largest absolute Gasteiger partial charge is 0.433 e. The van der Waals surface area contributed by atoms with Crippen LogP contribution in [0.1, 0.15) is 26.4 Å². The first-order valence-corrected chi connectivity index (χ1v) is 10.7. The molecule has 2 N–H and O–H groups in total. The molecule has 5 rings (SSSR count). The lowest BCUT2D eigenvalue weighted by Gasteiger charge is -2.25. The van der Waals surface area contributed by atoms with Gasteiger partial charge in [0.1, 0.15) is 21.6 Å². The van der Waals surface area contributed by atoms with E-state index in [1.807, 2.05) is 22.9 Å². The highest BCUT2D eigenvalue weighted by molar-refractivity contribution is 7.21. The second kappa shape index (κ2) is 6.29. The van der Waals surface area contributed by atoms with E-state index in [9.17, 15) is 18.0 Å². The second-order valence-corrected chi connectivity index (χ2v) is 9.01. The van der Waals surface area contributed by atoms with Crippen LogP contribution in [0.15, 0.2) is 41.1 Å². The molecule has 28 heavy (non-hydrogen) atoms. The maximum atomic E-state index is 13.4. The average molecular weight is 437 g/mol. The van der Waals surface area contributed by atoms with Gasteiger partial charge in [-0.05, 0) is 29.0 Å². The Bertz CT molecular complexity index is 1180. The van der Waals surface area contributed by atoms with Crippen LogP contribution in [0.25, 0.3) is 20.7 Å². The third-order valence-corrected chi connectivity index (χ3v) is 7.26. The molecule has 0 unspecified atom stereocenters. The van der Waals surface area contributed by atoms with Crippen LogP contribution < -0.4 is 10.6 Å². The number of alkyl halides is 3. The lowest BCUT2D eigenvalue weighted by molar-refractivity contribution is -0.140. The number of hydrogen-bond acceptors (Lipinski definition) is 6. The monoisotopic (exact) mass is 437 g/mol. The molecular weight excluding hydrogens is 427 g/mol. The Labute approximate surface area is 168 Å². The van der Waals surface area contributed by atoms with E-state index in [1.165, 1.54) is 22.7 Å². The summed E-state index contributed by atoms with van der Waals surface area (Å²) in [6.45, 7) is 0. The summed E-state index contributed by atoms with van der Waals surface area (Å²) in [5.41, 5.74) is 0.000871. The van der Waals surface area contributed by atoms with Crippen LogP contribution in [-0.4, -0.2) is 10.9 Å². The van der Waals surface area contributed by atoms with Crippen LogP contribution in [0.2, 0.25) is 0 Å². The molecule has 142 valence electrons. The van der Waals surface area contributed by atoms with Crippen molar-refractivity contribution >= 4 is 55.8 Å². The van der Waals surface area contributed by atoms with Gasteiger partial charge in [-0.1, -0.05) is 12.1 Å². The van der Waals surface area contributed by atoms with Gasteiger partial charge in [-0.25, -0.2) is 4.98 Å². The van der Waals surface area contributed by atoms with Crippen molar-refractivity contribution in [1.29, 1.82) is 0 Å². The van der Waals surface area contributed by atoms with E-state index < -0.39 is 18.0 Å². The van der Waals surface area contributed by atoms with Crippen molar-refractivity contribution in [2.45, 2.75) is 12.3 Å². The Hall–Kier alpha value is -2.43. The third-order valence-electron chi connectivity index (χ3n) is 4.34. The minimum absolute atomic E-state index is 0.192. The van der Waals surface area contributed by atoms with Crippen LogP contribution in [0.5, 0.6) is 0 Å². The van der Waals surface area contributed by atoms with E-state index in [-0.39, 0.29) is 10.7 Å². The number of rotatable bonds is 2. The molecule has 0 radical (unpaired) electrons. The molecule has 0 aliphatic carbocycles.